The van der Waals surface area contributed by atoms with Crippen molar-refractivity contribution in [3.05, 3.63) is 12.5 Å². The molecule has 2 N–H and O–H groups in total. The van der Waals surface area contributed by atoms with Crippen molar-refractivity contribution < 1.29 is 0 Å². The van der Waals surface area contributed by atoms with E-state index in [9.17, 15) is 0 Å². The highest BCUT2D eigenvalue weighted by Gasteiger charge is 2.10. The molecule has 0 saturated heterocycles. The van der Waals surface area contributed by atoms with Crippen LogP contribution >= 0.6 is 12.2 Å². The molecule has 1 aromatic rings. The van der Waals surface area contributed by atoms with Gasteiger partial charge in [0.25, 0.3) is 0 Å². The fourth-order valence-electron chi connectivity index (χ4n) is 0.920. The Kier molecular flexibility index (Phi) is 1.43. The normalized spacial score (nSPS) is 14.7. The topological polar surface area (TPSA) is 49.8 Å². The van der Waals surface area contributed by atoms with E-state index >= 15 is 0 Å². The molecule has 0 saturated carbocycles. The molecular formula is C6H6N4S. The van der Waals surface area contributed by atoms with Gasteiger partial charge in [0, 0.05) is 0 Å². The first-order chi connectivity index (χ1) is 5.36. The molecule has 56 valence electrons. The SMILES string of the molecule is S=C1CNc2ncncc2N1. The van der Waals surface area contributed by atoms with Crippen LogP contribution in [0.1, 0.15) is 0 Å². The van der Waals surface area contributed by atoms with Crippen molar-refractivity contribution in [3.8, 4) is 0 Å². The summed E-state index contributed by atoms with van der Waals surface area (Å²) in [7, 11) is 0. The standard InChI is InChI=1S/C6H6N4S/c11-5-2-8-6-4(10-5)1-7-3-9-6/h1,3H,2H2,(H,10,11)(H,7,8,9). The van der Waals surface area contributed by atoms with Crippen LogP contribution in [0.25, 0.3) is 0 Å². The number of nitrogens with zero attached hydrogens (tertiary/aromatic N) is 2. The zero-order valence-corrected chi connectivity index (χ0v) is 6.48. The van der Waals surface area contributed by atoms with Gasteiger partial charge in [-0.3, -0.25) is 0 Å². The van der Waals surface area contributed by atoms with Crippen LogP contribution in [0.3, 0.4) is 0 Å². The Morgan fingerprint density at radius 2 is 2.45 bits per heavy atom. The zero-order valence-electron chi connectivity index (χ0n) is 5.66. The van der Waals surface area contributed by atoms with E-state index in [1.807, 2.05) is 0 Å². The Hall–Kier alpha value is -1.23. The third-order valence-electron chi connectivity index (χ3n) is 1.40. The van der Waals surface area contributed by atoms with Gasteiger partial charge < -0.3 is 10.6 Å². The second-order valence-electron chi connectivity index (χ2n) is 2.19. The van der Waals surface area contributed by atoms with Crippen molar-refractivity contribution in [1.29, 1.82) is 0 Å². The van der Waals surface area contributed by atoms with E-state index in [1.165, 1.54) is 6.33 Å². The van der Waals surface area contributed by atoms with Crippen LogP contribution in [0.2, 0.25) is 0 Å². The maximum absolute atomic E-state index is 4.95. The van der Waals surface area contributed by atoms with Crippen LogP contribution in [-0.4, -0.2) is 21.5 Å². The second kappa shape index (κ2) is 2.43. The van der Waals surface area contributed by atoms with E-state index in [1.54, 1.807) is 6.20 Å². The highest BCUT2D eigenvalue weighted by molar-refractivity contribution is 7.80. The first kappa shape index (κ1) is 6.48. The molecule has 2 heterocycles. The number of fused-ring (bicyclic) bond motifs is 1. The lowest BCUT2D eigenvalue weighted by atomic mass is 10.4. The quantitative estimate of drug-likeness (QED) is 0.554. The van der Waals surface area contributed by atoms with Gasteiger partial charge in [0.15, 0.2) is 5.82 Å². The molecule has 11 heavy (non-hydrogen) atoms. The number of hydrogen-bond acceptors (Lipinski definition) is 4. The minimum Gasteiger partial charge on any atom is -0.362 e. The Morgan fingerprint density at radius 3 is 3.36 bits per heavy atom. The lowest BCUT2D eigenvalue weighted by Gasteiger charge is -2.17. The van der Waals surface area contributed by atoms with Gasteiger partial charge in [-0.15, -0.1) is 0 Å². The number of nitrogens with one attached hydrogen (secondary N) is 2. The molecule has 0 bridgehead atoms. The minimum atomic E-state index is 0.652. The van der Waals surface area contributed by atoms with E-state index in [-0.39, 0.29) is 0 Å². The summed E-state index contributed by atoms with van der Waals surface area (Å²) in [6, 6.07) is 0. The first-order valence-corrected chi connectivity index (χ1v) is 3.61. The molecule has 0 atom stereocenters. The smallest absolute Gasteiger partial charge is 0.153 e. The molecule has 0 spiro atoms. The molecule has 0 amide bonds. The average Bonchev–Trinajstić information content (AvgIpc) is 2.04. The van der Waals surface area contributed by atoms with Gasteiger partial charge in [-0.25, -0.2) is 9.97 Å². The van der Waals surface area contributed by atoms with Crippen molar-refractivity contribution >= 4 is 28.7 Å². The lowest BCUT2D eigenvalue weighted by molar-refractivity contribution is 1.14. The summed E-state index contributed by atoms with van der Waals surface area (Å²) in [4.78, 5) is 8.64. The summed E-state index contributed by atoms with van der Waals surface area (Å²) >= 11 is 4.95. The van der Waals surface area contributed by atoms with E-state index in [2.05, 4.69) is 20.6 Å². The molecule has 0 fully saturated rings. The molecule has 0 aliphatic carbocycles. The summed E-state index contributed by atoms with van der Waals surface area (Å²) in [6.45, 7) is 0.652. The van der Waals surface area contributed by atoms with E-state index < -0.39 is 0 Å². The van der Waals surface area contributed by atoms with Crippen LogP contribution in [0, 0.1) is 0 Å². The summed E-state index contributed by atoms with van der Waals surface area (Å²) < 4.78 is 0. The highest BCUT2D eigenvalue weighted by atomic mass is 32.1. The monoisotopic (exact) mass is 166 g/mol. The van der Waals surface area contributed by atoms with Crippen LogP contribution in [0.15, 0.2) is 12.5 Å². The average molecular weight is 166 g/mol. The van der Waals surface area contributed by atoms with Crippen molar-refractivity contribution in [2.24, 2.45) is 0 Å². The lowest BCUT2D eigenvalue weighted by Crippen LogP contribution is -2.26. The van der Waals surface area contributed by atoms with Crippen molar-refractivity contribution in [2.45, 2.75) is 0 Å². The van der Waals surface area contributed by atoms with Crippen molar-refractivity contribution in [3.63, 3.8) is 0 Å². The fraction of sp³-hybridized carbons (Fsp3) is 0.167. The number of thiocarbonyl (C=S) groups is 1. The maximum atomic E-state index is 4.95. The zero-order chi connectivity index (χ0) is 7.68. The number of anilines is 2. The van der Waals surface area contributed by atoms with E-state index in [4.69, 9.17) is 12.2 Å². The van der Waals surface area contributed by atoms with Gasteiger partial charge in [-0.2, -0.15) is 0 Å². The van der Waals surface area contributed by atoms with Crippen LogP contribution in [0.5, 0.6) is 0 Å². The maximum Gasteiger partial charge on any atom is 0.153 e. The van der Waals surface area contributed by atoms with Crippen LogP contribution in [-0.2, 0) is 0 Å². The third-order valence-corrected chi connectivity index (χ3v) is 1.65. The van der Waals surface area contributed by atoms with Gasteiger partial charge in [-0.05, 0) is 0 Å². The largest absolute Gasteiger partial charge is 0.362 e. The molecule has 4 nitrogen and oxygen atoms in total. The van der Waals surface area contributed by atoms with Crippen LogP contribution < -0.4 is 10.6 Å². The first-order valence-electron chi connectivity index (χ1n) is 3.20. The summed E-state index contributed by atoms with van der Waals surface area (Å²) in [6.07, 6.45) is 3.20. The van der Waals surface area contributed by atoms with Crippen molar-refractivity contribution in [2.75, 3.05) is 17.2 Å². The highest BCUT2D eigenvalue weighted by Crippen LogP contribution is 2.19. The van der Waals surface area contributed by atoms with Gasteiger partial charge in [0.1, 0.15) is 12.0 Å². The summed E-state index contributed by atoms with van der Waals surface area (Å²) in [5, 5.41) is 6.06. The Morgan fingerprint density at radius 1 is 1.55 bits per heavy atom. The molecule has 1 aliphatic heterocycles. The summed E-state index contributed by atoms with van der Waals surface area (Å²) in [5.41, 5.74) is 0.851. The Bertz CT molecular complexity index is 298. The van der Waals surface area contributed by atoms with Gasteiger partial charge in [0.2, 0.25) is 0 Å². The minimum absolute atomic E-state index is 0.652. The number of aromatic nitrogens is 2. The molecule has 0 radical (unpaired) electrons. The molecule has 1 aliphatic rings. The van der Waals surface area contributed by atoms with Gasteiger partial charge in [0.05, 0.1) is 17.7 Å². The van der Waals surface area contributed by atoms with E-state index in [0.717, 1.165) is 16.5 Å². The number of rotatable bonds is 0. The Labute approximate surface area is 69.1 Å². The molecule has 0 unspecified atom stereocenters. The van der Waals surface area contributed by atoms with Gasteiger partial charge >= 0.3 is 0 Å². The molecule has 5 heteroatoms. The molecule has 0 aromatic carbocycles. The molecule has 2 rings (SSSR count). The predicted octanol–water partition coefficient (Wildman–Crippen LogP) is 0.641. The molecular weight excluding hydrogens is 160 g/mol. The Balaban J connectivity index is 2.41. The number of hydrogen-bond donors (Lipinski definition) is 2. The summed E-state index contributed by atoms with van der Waals surface area (Å²) in [5.74, 6) is 0.814. The third kappa shape index (κ3) is 1.14. The second-order valence-corrected chi connectivity index (χ2v) is 2.68. The van der Waals surface area contributed by atoms with E-state index in [0.29, 0.717) is 6.54 Å². The fourth-order valence-corrected chi connectivity index (χ4v) is 1.10. The molecule has 1 aromatic heterocycles. The van der Waals surface area contributed by atoms with Crippen LogP contribution in [0.4, 0.5) is 11.5 Å². The predicted molar refractivity (Wildman–Crippen MR) is 46.7 cm³/mol. The van der Waals surface area contributed by atoms with Crippen molar-refractivity contribution in [1.82, 2.24) is 9.97 Å². The van der Waals surface area contributed by atoms with Gasteiger partial charge in [-0.1, -0.05) is 12.2 Å².